The van der Waals surface area contributed by atoms with Crippen LogP contribution in [0, 0.1) is 0 Å². The largest absolute Gasteiger partial charge is 0.324 e. The van der Waals surface area contributed by atoms with Gasteiger partial charge in [0.2, 0.25) is 5.62 Å². The molecule has 1 aliphatic carbocycles. The first-order valence-corrected chi connectivity index (χ1v) is 11.1. The monoisotopic (exact) mass is 308 g/mol. The molecule has 1 unspecified atom stereocenters. The maximum Gasteiger partial charge on any atom is 0.211 e. The summed E-state index contributed by atoms with van der Waals surface area (Å²) < 4.78 is 5.85. The molecule has 106 valence electrons. The van der Waals surface area contributed by atoms with Gasteiger partial charge in [0.15, 0.2) is 0 Å². The highest BCUT2D eigenvalue weighted by molar-refractivity contribution is 8.68. The zero-order valence-corrected chi connectivity index (χ0v) is 14.1. The first kappa shape index (κ1) is 16.5. The van der Waals surface area contributed by atoms with E-state index in [1.165, 1.54) is 32.1 Å². The Morgan fingerprint density at radius 1 is 1.44 bits per heavy atom. The minimum atomic E-state index is -1.99. The standard InChI is InChI=1S/C12H25N2OPS2/c1-4-18-16(17,15-11(2)3)14-10-13-12-8-6-5-7-9-12/h10-12H,4-9H2,1-3H3,(H,13,14,17). The number of hydrogen-bond donors (Lipinski definition) is 1. The fourth-order valence-corrected chi connectivity index (χ4v) is 6.97. The van der Waals surface area contributed by atoms with Crippen LogP contribution in [0.25, 0.3) is 0 Å². The Balaban J connectivity index is 2.45. The van der Waals surface area contributed by atoms with Crippen molar-refractivity contribution >= 4 is 35.1 Å². The van der Waals surface area contributed by atoms with Gasteiger partial charge in [0.05, 0.1) is 18.5 Å². The van der Waals surface area contributed by atoms with Crippen LogP contribution in [0.4, 0.5) is 0 Å². The van der Waals surface area contributed by atoms with Crippen LogP contribution in [0.3, 0.4) is 0 Å². The van der Waals surface area contributed by atoms with Crippen LogP contribution >= 0.6 is 17.0 Å². The van der Waals surface area contributed by atoms with Crippen molar-refractivity contribution < 1.29 is 4.52 Å². The third-order valence-corrected chi connectivity index (χ3v) is 8.35. The van der Waals surface area contributed by atoms with Gasteiger partial charge in [-0.15, -0.1) is 0 Å². The molecule has 0 aromatic heterocycles. The molecule has 1 saturated carbocycles. The molecule has 0 saturated heterocycles. The van der Waals surface area contributed by atoms with Gasteiger partial charge in [-0.2, -0.15) is 0 Å². The van der Waals surface area contributed by atoms with Crippen LogP contribution in [-0.2, 0) is 16.3 Å². The number of nitrogens with zero attached hydrogens (tertiary/aromatic N) is 1. The van der Waals surface area contributed by atoms with Gasteiger partial charge in [-0.25, -0.2) is 0 Å². The van der Waals surface area contributed by atoms with Crippen molar-refractivity contribution in [3.63, 3.8) is 0 Å². The second-order valence-corrected chi connectivity index (χ2v) is 11.6. The number of nitrogens with one attached hydrogen (secondary N) is 1. The van der Waals surface area contributed by atoms with E-state index in [2.05, 4.69) is 17.0 Å². The number of hydrogen-bond acceptors (Lipinski definition) is 4. The van der Waals surface area contributed by atoms with Gasteiger partial charge in [0.1, 0.15) is 0 Å². The van der Waals surface area contributed by atoms with Gasteiger partial charge in [-0.3, -0.25) is 4.99 Å². The predicted octanol–water partition coefficient (Wildman–Crippen LogP) is 4.34. The van der Waals surface area contributed by atoms with E-state index in [1.54, 1.807) is 11.4 Å². The Hall–Kier alpha value is 0.430. The molecule has 3 nitrogen and oxygen atoms in total. The third kappa shape index (κ3) is 6.55. The van der Waals surface area contributed by atoms with Crippen LogP contribution in [0.2, 0.25) is 0 Å². The number of aliphatic imine (C=N–C) groups is 1. The Morgan fingerprint density at radius 2 is 2.11 bits per heavy atom. The van der Waals surface area contributed by atoms with E-state index in [0.717, 1.165) is 5.75 Å². The molecule has 0 bridgehead atoms. The Bertz CT molecular complexity index is 304. The van der Waals surface area contributed by atoms with E-state index >= 15 is 0 Å². The summed E-state index contributed by atoms with van der Waals surface area (Å²) in [7, 11) is 0. The molecular formula is C12H25N2OPS2. The molecule has 0 amide bonds. The lowest BCUT2D eigenvalue weighted by Crippen LogP contribution is -2.15. The zero-order chi connectivity index (χ0) is 13.4. The van der Waals surface area contributed by atoms with E-state index in [4.69, 9.17) is 16.3 Å². The van der Waals surface area contributed by atoms with Gasteiger partial charge < -0.3 is 9.61 Å². The first-order chi connectivity index (χ1) is 8.56. The van der Waals surface area contributed by atoms with E-state index in [0.29, 0.717) is 6.04 Å². The summed E-state index contributed by atoms with van der Waals surface area (Å²) in [6.45, 7) is 6.16. The zero-order valence-electron chi connectivity index (χ0n) is 11.6. The van der Waals surface area contributed by atoms with Crippen molar-refractivity contribution in [2.24, 2.45) is 4.99 Å². The fourth-order valence-electron chi connectivity index (χ4n) is 1.99. The van der Waals surface area contributed by atoms with Crippen molar-refractivity contribution in [2.45, 2.75) is 65.0 Å². The Labute approximate surface area is 120 Å². The molecule has 0 aromatic carbocycles. The van der Waals surface area contributed by atoms with Crippen molar-refractivity contribution in [2.75, 3.05) is 5.75 Å². The fraction of sp³-hybridized carbons (Fsp3) is 0.917. The van der Waals surface area contributed by atoms with Crippen LogP contribution in [0.5, 0.6) is 0 Å². The van der Waals surface area contributed by atoms with Crippen molar-refractivity contribution in [3.05, 3.63) is 0 Å². The van der Waals surface area contributed by atoms with E-state index < -0.39 is 5.62 Å². The maximum atomic E-state index is 5.85. The number of rotatable bonds is 7. The highest BCUT2D eigenvalue weighted by Crippen LogP contribution is 2.56. The minimum Gasteiger partial charge on any atom is -0.324 e. The van der Waals surface area contributed by atoms with Gasteiger partial charge in [0, 0.05) is 0 Å². The smallest absolute Gasteiger partial charge is 0.211 e. The summed E-state index contributed by atoms with van der Waals surface area (Å²) in [6, 6.07) is 0.486. The van der Waals surface area contributed by atoms with E-state index in [9.17, 15) is 0 Å². The predicted molar refractivity (Wildman–Crippen MR) is 87.1 cm³/mol. The molecule has 0 spiro atoms. The summed E-state index contributed by atoms with van der Waals surface area (Å²) in [5.41, 5.74) is -1.99. The molecule has 1 fully saturated rings. The minimum absolute atomic E-state index is 0.158. The Kier molecular flexibility index (Phi) is 7.85. The molecule has 1 atom stereocenters. The third-order valence-electron chi connectivity index (χ3n) is 2.72. The molecule has 0 heterocycles. The van der Waals surface area contributed by atoms with Crippen LogP contribution < -0.4 is 5.09 Å². The average molecular weight is 308 g/mol. The van der Waals surface area contributed by atoms with Crippen LogP contribution in [0.1, 0.15) is 52.9 Å². The van der Waals surface area contributed by atoms with E-state index in [-0.39, 0.29) is 6.10 Å². The molecule has 0 radical (unpaired) electrons. The van der Waals surface area contributed by atoms with Crippen molar-refractivity contribution in [1.29, 1.82) is 0 Å². The SMILES string of the molecule is CCSP(=S)(NC=NC1CCCCC1)OC(C)C. The topological polar surface area (TPSA) is 33.6 Å². The lowest BCUT2D eigenvalue weighted by atomic mass is 9.96. The van der Waals surface area contributed by atoms with Crippen molar-refractivity contribution in [3.8, 4) is 0 Å². The molecular weight excluding hydrogens is 283 g/mol. The summed E-state index contributed by atoms with van der Waals surface area (Å²) in [6.07, 6.45) is 8.37. The van der Waals surface area contributed by atoms with Gasteiger partial charge >= 0.3 is 0 Å². The molecule has 18 heavy (non-hydrogen) atoms. The van der Waals surface area contributed by atoms with Gasteiger partial charge in [-0.1, -0.05) is 37.6 Å². The first-order valence-electron chi connectivity index (χ1n) is 6.78. The highest BCUT2D eigenvalue weighted by Gasteiger charge is 2.18. The van der Waals surface area contributed by atoms with Gasteiger partial charge in [0.25, 0.3) is 0 Å². The normalized spacial score (nSPS) is 21.3. The van der Waals surface area contributed by atoms with E-state index in [1.807, 2.05) is 20.2 Å². The molecule has 1 N–H and O–H groups in total. The quantitative estimate of drug-likeness (QED) is 0.431. The molecule has 6 heteroatoms. The lowest BCUT2D eigenvalue weighted by molar-refractivity contribution is 0.274. The summed E-state index contributed by atoms with van der Waals surface area (Å²) in [5, 5.41) is 3.25. The Morgan fingerprint density at radius 3 is 2.67 bits per heavy atom. The second kappa shape index (κ2) is 8.57. The lowest BCUT2D eigenvalue weighted by Gasteiger charge is -2.23. The summed E-state index contributed by atoms with van der Waals surface area (Å²) in [4.78, 5) is 4.59. The molecule has 0 aromatic rings. The van der Waals surface area contributed by atoms with Gasteiger partial charge in [-0.05, 0) is 44.2 Å². The second-order valence-electron chi connectivity index (χ2n) is 4.77. The summed E-state index contributed by atoms with van der Waals surface area (Å²) in [5.74, 6) is 0.967. The van der Waals surface area contributed by atoms with Crippen LogP contribution in [0.15, 0.2) is 4.99 Å². The molecule has 0 aliphatic heterocycles. The molecule has 1 aliphatic rings. The average Bonchev–Trinajstić information content (AvgIpc) is 2.29. The maximum absolute atomic E-state index is 5.85. The van der Waals surface area contributed by atoms with Crippen molar-refractivity contribution in [1.82, 2.24) is 5.09 Å². The van der Waals surface area contributed by atoms with Crippen LogP contribution in [-0.4, -0.2) is 24.2 Å². The summed E-state index contributed by atoms with van der Waals surface area (Å²) >= 11 is 7.29. The highest BCUT2D eigenvalue weighted by atomic mass is 32.9. The molecule has 1 rings (SSSR count).